The monoisotopic (exact) mass is 1030 g/mol. The summed E-state index contributed by atoms with van der Waals surface area (Å²) in [6, 6.07) is 48.9. The van der Waals surface area contributed by atoms with Crippen molar-refractivity contribution in [3.63, 3.8) is 0 Å². The van der Waals surface area contributed by atoms with Gasteiger partial charge in [0, 0.05) is 9.21 Å². The Labute approximate surface area is 434 Å². The normalized spacial score (nSPS) is 17.1. The SMILES string of the molecule is CC(C)(C)c1ccc(ON2P(Oc3ccc(C(C)(C)C)cc3)N=P(Oc3ccc(C(C)(C)C)cc3)(Oc3ccc(C(C)(C)C)cc3)N(Oc3ccc(C(C)(C)C)cc3)P2Oc2ccc(C(C)(C)C)cc2)cc1. The molecular weight excluding hydrogens is 952 g/mol. The van der Waals surface area contributed by atoms with Crippen LogP contribution in [0.3, 0.4) is 0 Å². The highest BCUT2D eigenvalue weighted by atomic mass is 31.3. The summed E-state index contributed by atoms with van der Waals surface area (Å²) in [4.78, 5) is 14.4. The molecule has 384 valence electrons. The van der Waals surface area contributed by atoms with Crippen LogP contribution in [0.5, 0.6) is 34.5 Å². The first kappa shape index (κ1) is 54.9. The van der Waals surface area contributed by atoms with Crippen molar-refractivity contribution >= 4 is 24.6 Å². The standard InChI is InChI=1S/C60H78N3O6P3/c1-55(2,3)43-19-31-49(32-20-43)64-62-70(66-51-35-23-45(24-36-51)57(7,8)9)61-72(68-53-39-27-47(28-40-53)59(13,14)15,69-54-41-29-48(30-42-54)60(16,17)18)63(65-50-33-21-44(22-34-50)56(4,5)6)71(62)67-52-37-25-46(26-38-52)58(10,11)12/h19-42H,1-18H3. The summed E-state index contributed by atoms with van der Waals surface area (Å²) < 4.78 is 38.4. The van der Waals surface area contributed by atoms with Crippen LogP contribution in [0.15, 0.2) is 150 Å². The molecule has 0 saturated carbocycles. The van der Waals surface area contributed by atoms with Gasteiger partial charge in [-0.15, -0.1) is 4.52 Å². The van der Waals surface area contributed by atoms with E-state index in [1.54, 1.807) is 9.21 Å². The average Bonchev–Trinajstić information content (AvgIpc) is 3.28. The minimum absolute atomic E-state index is 0.0749. The van der Waals surface area contributed by atoms with Gasteiger partial charge in [-0.2, -0.15) is 0 Å². The molecule has 0 aromatic heterocycles. The quantitative estimate of drug-likeness (QED) is 0.112. The van der Waals surface area contributed by atoms with Crippen LogP contribution in [0.25, 0.3) is 0 Å². The molecule has 0 radical (unpaired) electrons. The average molecular weight is 1030 g/mol. The van der Waals surface area contributed by atoms with Gasteiger partial charge >= 0.3 is 24.6 Å². The van der Waals surface area contributed by atoms with E-state index in [0.717, 1.165) is 22.3 Å². The molecule has 72 heavy (non-hydrogen) atoms. The third-order valence-electron chi connectivity index (χ3n) is 12.4. The molecule has 0 aliphatic carbocycles. The molecule has 1 aliphatic heterocycles. The third kappa shape index (κ3) is 13.6. The molecule has 6 aromatic rings. The summed E-state index contributed by atoms with van der Waals surface area (Å²) in [5, 5.41) is 0. The summed E-state index contributed by atoms with van der Waals surface area (Å²) in [5.41, 5.74) is 6.42. The van der Waals surface area contributed by atoms with Crippen molar-refractivity contribution in [2.24, 2.45) is 4.52 Å². The van der Waals surface area contributed by atoms with Crippen molar-refractivity contribution in [1.29, 1.82) is 0 Å². The van der Waals surface area contributed by atoms with Gasteiger partial charge in [0.15, 0.2) is 0 Å². The molecule has 2 unspecified atom stereocenters. The maximum Gasteiger partial charge on any atom is 0.447 e. The largest absolute Gasteiger partial charge is 0.447 e. The Hall–Kier alpha value is -4.87. The van der Waals surface area contributed by atoms with Crippen LogP contribution in [0.4, 0.5) is 0 Å². The van der Waals surface area contributed by atoms with Gasteiger partial charge in [-0.3, -0.25) is 0 Å². The lowest BCUT2D eigenvalue weighted by atomic mass is 9.87. The van der Waals surface area contributed by atoms with Gasteiger partial charge in [0.05, 0.1) is 0 Å². The zero-order valence-corrected chi connectivity index (χ0v) is 48.7. The highest BCUT2D eigenvalue weighted by Crippen LogP contribution is 2.78. The second kappa shape index (κ2) is 20.8. The molecule has 7 rings (SSSR count). The van der Waals surface area contributed by atoms with Crippen molar-refractivity contribution in [3.8, 4) is 34.5 Å². The van der Waals surface area contributed by atoms with Gasteiger partial charge in [-0.05, 0) is 139 Å². The van der Waals surface area contributed by atoms with Crippen molar-refractivity contribution in [2.45, 2.75) is 157 Å². The second-order valence-corrected chi connectivity index (χ2v) is 30.3. The molecule has 1 aliphatic rings. The van der Waals surface area contributed by atoms with Crippen LogP contribution in [0.2, 0.25) is 0 Å². The Bertz CT molecular complexity index is 2730. The Balaban J connectivity index is 1.53. The molecule has 12 heteroatoms. The van der Waals surface area contributed by atoms with E-state index in [1.165, 1.54) is 11.1 Å². The Morgan fingerprint density at radius 2 is 0.569 bits per heavy atom. The minimum atomic E-state index is -3.97. The van der Waals surface area contributed by atoms with E-state index < -0.39 is 24.6 Å². The first-order valence-corrected chi connectivity index (χ1v) is 28.8. The predicted molar refractivity (Wildman–Crippen MR) is 301 cm³/mol. The van der Waals surface area contributed by atoms with E-state index in [-0.39, 0.29) is 32.5 Å². The molecule has 0 saturated heterocycles. The Morgan fingerprint density at radius 1 is 0.319 bits per heavy atom. The van der Waals surface area contributed by atoms with Crippen LogP contribution >= 0.6 is 24.6 Å². The molecule has 0 fully saturated rings. The number of hydrogen-bond donors (Lipinski definition) is 0. The number of nitrogens with zero attached hydrogens (tertiary/aromatic N) is 3. The molecule has 0 spiro atoms. The lowest BCUT2D eigenvalue weighted by Crippen LogP contribution is -2.37. The molecule has 1 heterocycles. The lowest BCUT2D eigenvalue weighted by Gasteiger charge is -2.44. The topological polar surface area (TPSA) is 74.2 Å². The Kier molecular flexibility index (Phi) is 15.9. The fraction of sp³-hybridized carbons (Fsp3) is 0.400. The summed E-state index contributed by atoms with van der Waals surface area (Å²) in [7, 11) is -8.45. The first-order chi connectivity index (χ1) is 33.4. The fourth-order valence-corrected chi connectivity index (χ4v) is 15.0. The van der Waals surface area contributed by atoms with Crippen LogP contribution < -0.4 is 27.8 Å². The highest BCUT2D eigenvalue weighted by Gasteiger charge is 2.58. The molecule has 2 atom stereocenters. The molecule has 0 N–H and O–H groups in total. The van der Waals surface area contributed by atoms with Crippen molar-refractivity contribution in [3.05, 3.63) is 179 Å². The van der Waals surface area contributed by atoms with Crippen LogP contribution in [-0.2, 0) is 32.5 Å². The van der Waals surface area contributed by atoms with E-state index in [0.29, 0.717) is 34.5 Å². The van der Waals surface area contributed by atoms with Gasteiger partial charge in [0.25, 0.3) is 0 Å². The van der Waals surface area contributed by atoms with E-state index >= 15 is 0 Å². The van der Waals surface area contributed by atoms with Gasteiger partial charge in [0.2, 0.25) is 0 Å². The zero-order chi connectivity index (χ0) is 52.7. The van der Waals surface area contributed by atoms with Crippen LogP contribution in [-0.4, -0.2) is 9.21 Å². The van der Waals surface area contributed by atoms with E-state index in [9.17, 15) is 0 Å². The summed E-state index contributed by atoms with van der Waals surface area (Å²) in [6.45, 7) is 39.5. The number of rotatable bonds is 12. The van der Waals surface area contributed by atoms with E-state index in [2.05, 4.69) is 197 Å². The molecular formula is C60H78N3O6P3. The number of benzene rings is 6. The van der Waals surface area contributed by atoms with Gasteiger partial charge < -0.3 is 27.8 Å². The zero-order valence-electron chi connectivity index (χ0n) is 46.0. The third-order valence-corrected chi connectivity index (χ3v) is 19.2. The molecule has 0 bridgehead atoms. The minimum Gasteiger partial charge on any atom is -0.440 e. The number of hydrogen-bond acceptors (Lipinski definition) is 9. The van der Waals surface area contributed by atoms with Gasteiger partial charge in [-0.1, -0.05) is 197 Å². The molecule has 6 aromatic carbocycles. The second-order valence-electron chi connectivity index (χ2n) is 24.8. The van der Waals surface area contributed by atoms with E-state index in [4.69, 9.17) is 32.3 Å². The smallest absolute Gasteiger partial charge is 0.440 e. The van der Waals surface area contributed by atoms with Crippen LogP contribution in [0, 0.1) is 0 Å². The maximum atomic E-state index is 7.40. The first-order valence-electron chi connectivity index (χ1n) is 24.9. The summed E-state index contributed by atoms with van der Waals surface area (Å²) in [5.74, 6) is 3.33. The van der Waals surface area contributed by atoms with Crippen molar-refractivity contribution < 1.29 is 27.8 Å². The maximum absolute atomic E-state index is 7.40. The van der Waals surface area contributed by atoms with E-state index in [1.807, 2.05) is 72.8 Å². The van der Waals surface area contributed by atoms with Gasteiger partial charge in [-0.25, -0.2) is 0 Å². The highest BCUT2D eigenvalue weighted by molar-refractivity contribution is 7.78. The summed E-state index contributed by atoms with van der Waals surface area (Å²) >= 11 is 0. The molecule has 0 amide bonds. The van der Waals surface area contributed by atoms with Crippen LogP contribution in [0.1, 0.15) is 158 Å². The van der Waals surface area contributed by atoms with Crippen molar-refractivity contribution in [2.75, 3.05) is 0 Å². The molecule has 9 nitrogen and oxygen atoms in total. The van der Waals surface area contributed by atoms with Crippen molar-refractivity contribution in [1.82, 2.24) is 9.21 Å². The fourth-order valence-electron chi connectivity index (χ4n) is 7.54. The lowest BCUT2D eigenvalue weighted by molar-refractivity contribution is 0.0545. The Morgan fingerprint density at radius 3 is 0.861 bits per heavy atom. The predicted octanol–water partition coefficient (Wildman–Crippen LogP) is 19.1. The summed E-state index contributed by atoms with van der Waals surface area (Å²) in [6.07, 6.45) is 0. The van der Waals surface area contributed by atoms with Gasteiger partial charge in [0.1, 0.15) is 34.5 Å².